The second-order valence-corrected chi connectivity index (χ2v) is 6.14. The van der Waals surface area contributed by atoms with E-state index in [1.165, 1.54) is 0 Å². The van der Waals surface area contributed by atoms with Gasteiger partial charge in [0.2, 0.25) is 0 Å². The van der Waals surface area contributed by atoms with Crippen molar-refractivity contribution >= 4 is 28.9 Å². The SMILES string of the molecule is CC(CNC(=O)c1ccccc1Nc1cccc(Cl)c1)N(C)C. The van der Waals surface area contributed by atoms with Crippen LogP contribution >= 0.6 is 11.6 Å². The first-order valence-electron chi connectivity index (χ1n) is 7.53. The van der Waals surface area contributed by atoms with Crippen LogP contribution in [0.25, 0.3) is 0 Å². The molecule has 1 atom stereocenters. The summed E-state index contributed by atoms with van der Waals surface area (Å²) in [6.45, 7) is 2.66. The molecule has 0 saturated carbocycles. The van der Waals surface area contributed by atoms with E-state index in [4.69, 9.17) is 11.6 Å². The first-order valence-corrected chi connectivity index (χ1v) is 7.91. The lowest BCUT2D eigenvalue weighted by atomic mass is 10.1. The number of halogens is 1. The summed E-state index contributed by atoms with van der Waals surface area (Å²) in [5, 5.41) is 6.87. The van der Waals surface area contributed by atoms with Gasteiger partial charge in [-0.2, -0.15) is 0 Å². The number of nitrogens with one attached hydrogen (secondary N) is 2. The lowest BCUT2D eigenvalue weighted by molar-refractivity contribution is 0.0944. The first-order chi connectivity index (χ1) is 11.0. The summed E-state index contributed by atoms with van der Waals surface area (Å²) in [6.07, 6.45) is 0. The van der Waals surface area contributed by atoms with Gasteiger partial charge in [-0.15, -0.1) is 0 Å². The highest BCUT2D eigenvalue weighted by molar-refractivity contribution is 6.30. The van der Waals surface area contributed by atoms with Crippen molar-refractivity contribution in [2.24, 2.45) is 0 Å². The largest absolute Gasteiger partial charge is 0.355 e. The van der Waals surface area contributed by atoms with Crippen molar-refractivity contribution in [1.82, 2.24) is 10.2 Å². The van der Waals surface area contributed by atoms with Crippen molar-refractivity contribution in [2.75, 3.05) is 26.0 Å². The average Bonchev–Trinajstić information content (AvgIpc) is 2.52. The van der Waals surface area contributed by atoms with E-state index in [-0.39, 0.29) is 11.9 Å². The van der Waals surface area contributed by atoms with Crippen LogP contribution in [-0.4, -0.2) is 37.5 Å². The zero-order chi connectivity index (χ0) is 16.8. The molecule has 1 amide bonds. The fourth-order valence-corrected chi connectivity index (χ4v) is 2.22. The predicted octanol–water partition coefficient (Wildman–Crippen LogP) is 3.76. The van der Waals surface area contributed by atoms with Gasteiger partial charge in [-0.1, -0.05) is 29.8 Å². The second-order valence-electron chi connectivity index (χ2n) is 5.70. The van der Waals surface area contributed by atoms with Gasteiger partial charge in [0.05, 0.1) is 11.3 Å². The quantitative estimate of drug-likeness (QED) is 0.847. The molecule has 0 aliphatic carbocycles. The molecule has 1 unspecified atom stereocenters. The molecule has 2 N–H and O–H groups in total. The number of para-hydroxylation sites is 1. The number of benzene rings is 2. The molecule has 2 rings (SSSR count). The van der Waals surface area contributed by atoms with E-state index in [0.717, 1.165) is 11.4 Å². The maximum absolute atomic E-state index is 12.5. The molecular weight excluding hydrogens is 310 g/mol. The Kier molecular flexibility index (Phi) is 6.02. The highest BCUT2D eigenvalue weighted by atomic mass is 35.5. The number of rotatable bonds is 6. The van der Waals surface area contributed by atoms with Gasteiger partial charge in [0.1, 0.15) is 0 Å². The van der Waals surface area contributed by atoms with E-state index in [0.29, 0.717) is 17.1 Å². The Balaban J connectivity index is 2.12. The molecule has 0 heterocycles. The maximum atomic E-state index is 12.5. The number of hydrogen-bond donors (Lipinski definition) is 2. The van der Waals surface area contributed by atoms with E-state index in [1.807, 2.05) is 62.6 Å². The predicted molar refractivity (Wildman–Crippen MR) is 96.7 cm³/mol. The smallest absolute Gasteiger partial charge is 0.253 e. The van der Waals surface area contributed by atoms with Crippen LogP contribution in [0.5, 0.6) is 0 Å². The number of carbonyl (C=O) groups is 1. The molecule has 23 heavy (non-hydrogen) atoms. The monoisotopic (exact) mass is 331 g/mol. The van der Waals surface area contributed by atoms with Crippen LogP contribution in [0, 0.1) is 0 Å². The van der Waals surface area contributed by atoms with Crippen molar-refractivity contribution in [3.63, 3.8) is 0 Å². The summed E-state index contributed by atoms with van der Waals surface area (Å²) in [7, 11) is 3.98. The van der Waals surface area contributed by atoms with Crippen molar-refractivity contribution in [3.05, 3.63) is 59.1 Å². The number of carbonyl (C=O) groups excluding carboxylic acids is 1. The molecule has 5 heteroatoms. The number of hydrogen-bond acceptors (Lipinski definition) is 3. The van der Waals surface area contributed by atoms with Gasteiger partial charge in [-0.3, -0.25) is 4.79 Å². The molecule has 0 aliphatic rings. The Morgan fingerprint density at radius 2 is 1.91 bits per heavy atom. The second kappa shape index (κ2) is 7.99. The van der Waals surface area contributed by atoms with E-state index in [1.54, 1.807) is 0 Å². The van der Waals surface area contributed by atoms with Gasteiger partial charge >= 0.3 is 0 Å². The molecule has 2 aromatic rings. The summed E-state index contributed by atoms with van der Waals surface area (Å²) >= 11 is 6.00. The van der Waals surface area contributed by atoms with Crippen LogP contribution in [0.1, 0.15) is 17.3 Å². The fraction of sp³-hybridized carbons (Fsp3) is 0.278. The van der Waals surface area contributed by atoms with E-state index >= 15 is 0 Å². The van der Waals surface area contributed by atoms with Gasteiger partial charge < -0.3 is 15.5 Å². The summed E-state index contributed by atoms with van der Waals surface area (Å²) in [5.41, 5.74) is 2.21. The third-order valence-corrected chi connectivity index (χ3v) is 3.95. The van der Waals surface area contributed by atoms with Crippen molar-refractivity contribution in [3.8, 4) is 0 Å². The van der Waals surface area contributed by atoms with Crippen LogP contribution in [0.4, 0.5) is 11.4 Å². The van der Waals surface area contributed by atoms with Crippen molar-refractivity contribution in [1.29, 1.82) is 0 Å². The fourth-order valence-electron chi connectivity index (χ4n) is 2.03. The molecule has 0 aromatic heterocycles. The van der Waals surface area contributed by atoms with Crippen LogP contribution in [0.3, 0.4) is 0 Å². The number of likely N-dealkylation sites (N-methyl/N-ethyl adjacent to an activating group) is 1. The van der Waals surface area contributed by atoms with Gasteiger partial charge in [-0.25, -0.2) is 0 Å². The van der Waals surface area contributed by atoms with Crippen LogP contribution in [0.2, 0.25) is 5.02 Å². The molecule has 4 nitrogen and oxygen atoms in total. The standard InChI is InChI=1S/C18H22ClN3O/c1-13(22(2)3)12-20-18(23)16-9-4-5-10-17(16)21-15-8-6-7-14(19)11-15/h4-11,13,21H,12H2,1-3H3,(H,20,23). The molecule has 122 valence electrons. The summed E-state index contributed by atoms with van der Waals surface area (Å²) in [6, 6.07) is 15.1. The van der Waals surface area contributed by atoms with Gasteiger partial charge in [0.15, 0.2) is 0 Å². The molecular formula is C18H22ClN3O. The van der Waals surface area contributed by atoms with Gasteiger partial charge in [-0.05, 0) is 51.4 Å². The number of amides is 1. The Labute approximate surface area is 142 Å². The normalized spacial score (nSPS) is 12.0. The van der Waals surface area contributed by atoms with Crippen LogP contribution in [0.15, 0.2) is 48.5 Å². The third kappa shape index (κ3) is 4.98. The zero-order valence-corrected chi connectivity index (χ0v) is 14.4. The summed E-state index contributed by atoms with van der Waals surface area (Å²) in [5.74, 6) is -0.0937. The Morgan fingerprint density at radius 1 is 1.17 bits per heavy atom. The Hall–Kier alpha value is -2.04. The summed E-state index contributed by atoms with van der Waals surface area (Å²) in [4.78, 5) is 14.5. The zero-order valence-electron chi connectivity index (χ0n) is 13.6. The summed E-state index contributed by atoms with van der Waals surface area (Å²) < 4.78 is 0. The highest BCUT2D eigenvalue weighted by Gasteiger charge is 2.13. The van der Waals surface area contributed by atoms with E-state index in [2.05, 4.69) is 22.5 Å². The molecule has 0 saturated heterocycles. The average molecular weight is 332 g/mol. The maximum Gasteiger partial charge on any atom is 0.253 e. The molecule has 0 spiro atoms. The lowest BCUT2D eigenvalue weighted by Gasteiger charge is -2.20. The van der Waals surface area contributed by atoms with Gasteiger partial charge in [0.25, 0.3) is 5.91 Å². The highest BCUT2D eigenvalue weighted by Crippen LogP contribution is 2.23. The Morgan fingerprint density at radius 3 is 2.61 bits per heavy atom. The minimum Gasteiger partial charge on any atom is -0.355 e. The van der Waals surface area contributed by atoms with Crippen LogP contribution < -0.4 is 10.6 Å². The molecule has 0 fully saturated rings. The molecule has 0 radical (unpaired) electrons. The topological polar surface area (TPSA) is 44.4 Å². The minimum absolute atomic E-state index is 0.0937. The van der Waals surface area contributed by atoms with E-state index in [9.17, 15) is 4.79 Å². The van der Waals surface area contributed by atoms with Crippen molar-refractivity contribution in [2.45, 2.75) is 13.0 Å². The van der Waals surface area contributed by atoms with Gasteiger partial charge in [0, 0.05) is 23.3 Å². The molecule has 0 bridgehead atoms. The Bertz CT molecular complexity index is 673. The molecule has 0 aliphatic heterocycles. The first kappa shape index (κ1) is 17.3. The third-order valence-electron chi connectivity index (χ3n) is 3.71. The van der Waals surface area contributed by atoms with E-state index < -0.39 is 0 Å². The van der Waals surface area contributed by atoms with Crippen molar-refractivity contribution < 1.29 is 4.79 Å². The molecule has 2 aromatic carbocycles. The number of nitrogens with zero attached hydrogens (tertiary/aromatic N) is 1. The van der Waals surface area contributed by atoms with Crippen LogP contribution in [-0.2, 0) is 0 Å². The minimum atomic E-state index is -0.0937. The lowest BCUT2D eigenvalue weighted by Crippen LogP contribution is -2.38. The number of anilines is 2.